The molecule has 0 unspecified atom stereocenters. The third kappa shape index (κ3) is 2.22. The summed E-state index contributed by atoms with van der Waals surface area (Å²) in [5, 5.41) is 9.37. The molecule has 0 aliphatic rings. The minimum absolute atomic E-state index is 0.0580. The zero-order valence-corrected chi connectivity index (χ0v) is 8.18. The van der Waals surface area contributed by atoms with Crippen LogP contribution in [0.1, 0.15) is 20.8 Å². The van der Waals surface area contributed by atoms with Gasteiger partial charge in [-0.15, -0.1) is 0 Å². The summed E-state index contributed by atoms with van der Waals surface area (Å²) in [6.07, 6.45) is 1.12. The van der Waals surface area contributed by atoms with Crippen LogP contribution in [0.25, 0.3) is 0 Å². The number of ether oxygens (including phenoxy) is 2. The van der Waals surface area contributed by atoms with Crippen LogP contribution in [-0.2, 0) is 9.47 Å². The van der Waals surface area contributed by atoms with Crippen molar-refractivity contribution >= 4 is 11.9 Å². The average molecular weight is 211 g/mol. The lowest BCUT2D eigenvalue weighted by Crippen LogP contribution is -2.07. The van der Waals surface area contributed by atoms with Gasteiger partial charge in [-0.25, -0.2) is 14.6 Å². The highest BCUT2D eigenvalue weighted by Crippen LogP contribution is 2.17. The number of rotatable bonds is 2. The van der Waals surface area contributed by atoms with Crippen LogP contribution in [0.4, 0.5) is 0 Å². The fraction of sp³-hybridized carbons (Fsp3) is 0.222. The van der Waals surface area contributed by atoms with Gasteiger partial charge in [-0.3, -0.25) is 0 Å². The van der Waals surface area contributed by atoms with Crippen LogP contribution in [0.3, 0.4) is 0 Å². The third-order valence-electron chi connectivity index (χ3n) is 1.67. The highest BCUT2D eigenvalue weighted by Gasteiger charge is 2.16. The molecule has 6 nitrogen and oxygen atoms in total. The second-order valence-electron chi connectivity index (χ2n) is 2.57. The molecule has 0 saturated carbocycles. The Balaban J connectivity index is 3.08. The van der Waals surface area contributed by atoms with Crippen molar-refractivity contribution < 1.29 is 24.2 Å². The molecule has 0 amide bonds. The highest BCUT2D eigenvalue weighted by molar-refractivity contribution is 5.93. The lowest BCUT2D eigenvalue weighted by Gasteiger charge is -2.03. The zero-order chi connectivity index (χ0) is 11.4. The molecule has 1 rings (SSSR count). The van der Waals surface area contributed by atoms with E-state index < -0.39 is 17.7 Å². The monoisotopic (exact) mass is 211 g/mol. The number of aromatic nitrogens is 1. The quantitative estimate of drug-likeness (QED) is 0.711. The van der Waals surface area contributed by atoms with Crippen molar-refractivity contribution in [3.63, 3.8) is 0 Å². The number of esters is 2. The van der Waals surface area contributed by atoms with Gasteiger partial charge >= 0.3 is 11.9 Å². The zero-order valence-electron chi connectivity index (χ0n) is 8.18. The van der Waals surface area contributed by atoms with Crippen molar-refractivity contribution in [1.82, 2.24) is 4.98 Å². The molecule has 15 heavy (non-hydrogen) atoms. The Labute approximate surface area is 85.5 Å². The Morgan fingerprint density at radius 2 is 1.87 bits per heavy atom. The molecule has 1 aromatic heterocycles. The molecular weight excluding hydrogens is 202 g/mol. The first kappa shape index (κ1) is 11.0. The minimum Gasteiger partial charge on any atom is -0.505 e. The lowest BCUT2D eigenvalue weighted by atomic mass is 10.2. The fourth-order valence-electron chi connectivity index (χ4n) is 0.937. The SMILES string of the molecule is COC(=O)c1cnc(C(=O)OC)c(O)c1. The average Bonchev–Trinajstić information content (AvgIpc) is 2.26. The van der Waals surface area contributed by atoms with Gasteiger partial charge in [0, 0.05) is 6.20 Å². The molecule has 6 heteroatoms. The maximum absolute atomic E-state index is 11.0. The van der Waals surface area contributed by atoms with Crippen molar-refractivity contribution in [2.24, 2.45) is 0 Å². The maximum Gasteiger partial charge on any atom is 0.360 e. The number of methoxy groups -OCH3 is 2. The molecule has 0 aliphatic heterocycles. The maximum atomic E-state index is 11.0. The van der Waals surface area contributed by atoms with Crippen LogP contribution in [0.15, 0.2) is 12.3 Å². The molecule has 0 aliphatic carbocycles. The van der Waals surface area contributed by atoms with Gasteiger partial charge in [0.2, 0.25) is 0 Å². The predicted molar refractivity (Wildman–Crippen MR) is 48.6 cm³/mol. The molecule has 0 atom stereocenters. The normalized spacial score (nSPS) is 9.47. The van der Waals surface area contributed by atoms with E-state index in [1.807, 2.05) is 0 Å². The van der Waals surface area contributed by atoms with E-state index in [0.717, 1.165) is 19.4 Å². The minimum atomic E-state index is -0.774. The Bertz CT molecular complexity index is 401. The fourth-order valence-corrected chi connectivity index (χ4v) is 0.937. The molecule has 1 heterocycles. The van der Waals surface area contributed by atoms with Crippen LogP contribution < -0.4 is 0 Å². The van der Waals surface area contributed by atoms with Gasteiger partial charge in [0.15, 0.2) is 5.69 Å². The summed E-state index contributed by atoms with van der Waals surface area (Å²) in [6, 6.07) is 1.09. The van der Waals surface area contributed by atoms with E-state index in [-0.39, 0.29) is 11.3 Å². The van der Waals surface area contributed by atoms with E-state index >= 15 is 0 Å². The number of hydrogen-bond acceptors (Lipinski definition) is 6. The first-order valence-corrected chi connectivity index (χ1v) is 3.95. The standard InChI is InChI=1S/C9H9NO5/c1-14-8(12)5-3-6(11)7(10-4-5)9(13)15-2/h3-4,11H,1-2H3. The molecule has 1 N–H and O–H groups in total. The van der Waals surface area contributed by atoms with Gasteiger partial charge in [-0.05, 0) is 6.07 Å². The van der Waals surface area contributed by atoms with Crippen molar-refractivity contribution in [2.45, 2.75) is 0 Å². The van der Waals surface area contributed by atoms with Crippen LogP contribution >= 0.6 is 0 Å². The van der Waals surface area contributed by atoms with E-state index in [9.17, 15) is 14.7 Å². The first-order chi connectivity index (χ1) is 7.10. The highest BCUT2D eigenvalue weighted by atomic mass is 16.5. The van der Waals surface area contributed by atoms with Crippen molar-refractivity contribution in [3.05, 3.63) is 23.5 Å². The Hall–Kier alpha value is -2.11. The van der Waals surface area contributed by atoms with Crippen molar-refractivity contribution in [3.8, 4) is 5.75 Å². The summed E-state index contributed by atoms with van der Waals surface area (Å²) >= 11 is 0. The van der Waals surface area contributed by atoms with E-state index in [0.29, 0.717) is 0 Å². The van der Waals surface area contributed by atoms with Gasteiger partial charge in [0.25, 0.3) is 0 Å². The predicted octanol–water partition coefficient (Wildman–Crippen LogP) is 0.360. The summed E-state index contributed by atoms with van der Waals surface area (Å²) in [4.78, 5) is 25.6. The summed E-state index contributed by atoms with van der Waals surface area (Å²) in [5.41, 5.74) is -0.187. The molecule has 0 radical (unpaired) electrons. The molecule has 0 bridgehead atoms. The molecule has 80 valence electrons. The summed E-state index contributed by atoms with van der Waals surface area (Å²) in [5.74, 6) is -1.84. The number of nitrogens with zero attached hydrogens (tertiary/aromatic N) is 1. The second kappa shape index (κ2) is 4.41. The molecule has 0 aromatic carbocycles. The Kier molecular flexibility index (Phi) is 3.22. The molecule has 0 fully saturated rings. The van der Waals surface area contributed by atoms with Gasteiger partial charge in [0.05, 0.1) is 19.8 Å². The van der Waals surface area contributed by atoms with Gasteiger partial charge < -0.3 is 14.6 Å². The Morgan fingerprint density at radius 1 is 1.27 bits per heavy atom. The van der Waals surface area contributed by atoms with Gasteiger partial charge in [-0.2, -0.15) is 0 Å². The van der Waals surface area contributed by atoms with Crippen molar-refractivity contribution in [1.29, 1.82) is 0 Å². The molecule has 0 spiro atoms. The van der Waals surface area contributed by atoms with Crippen molar-refractivity contribution in [2.75, 3.05) is 14.2 Å². The van der Waals surface area contributed by atoms with Crippen LogP contribution in [0.2, 0.25) is 0 Å². The number of pyridine rings is 1. The number of hydrogen-bond donors (Lipinski definition) is 1. The van der Waals surface area contributed by atoms with Gasteiger partial charge in [0.1, 0.15) is 5.75 Å². The summed E-state index contributed by atoms with van der Waals surface area (Å²) in [7, 11) is 2.37. The molecule has 1 aromatic rings. The molecule has 0 saturated heterocycles. The van der Waals surface area contributed by atoms with E-state index in [2.05, 4.69) is 14.5 Å². The molecular formula is C9H9NO5. The smallest absolute Gasteiger partial charge is 0.360 e. The van der Waals surface area contributed by atoms with Crippen LogP contribution in [0.5, 0.6) is 5.75 Å². The Morgan fingerprint density at radius 3 is 2.33 bits per heavy atom. The van der Waals surface area contributed by atoms with Crippen LogP contribution in [0, 0.1) is 0 Å². The summed E-state index contributed by atoms with van der Waals surface area (Å²) < 4.78 is 8.78. The van der Waals surface area contributed by atoms with Crippen LogP contribution in [-0.4, -0.2) is 36.2 Å². The number of carbonyl (C=O) groups is 2. The van der Waals surface area contributed by atoms with E-state index in [4.69, 9.17) is 0 Å². The number of carbonyl (C=O) groups excluding carboxylic acids is 2. The largest absolute Gasteiger partial charge is 0.505 e. The van der Waals surface area contributed by atoms with E-state index in [1.54, 1.807) is 0 Å². The topological polar surface area (TPSA) is 85.7 Å². The summed E-state index contributed by atoms with van der Waals surface area (Å²) in [6.45, 7) is 0. The van der Waals surface area contributed by atoms with E-state index in [1.165, 1.54) is 7.11 Å². The first-order valence-electron chi connectivity index (χ1n) is 3.95. The third-order valence-corrected chi connectivity index (χ3v) is 1.67. The van der Waals surface area contributed by atoms with Gasteiger partial charge in [-0.1, -0.05) is 0 Å². The number of aromatic hydroxyl groups is 1. The second-order valence-corrected chi connectivity index (χ2v) is 2.57. The lowest BCUT2D eigenvalue weighted by molar-refractivity contribution is 0.0577.